The van der Waals surface area contributed by atoms with E-state index in [0.29, 0.717) is 6.61 Å². The van der Waals surface area contributed by atoms with Crippen LogP contribution in [0, 0.1) is 12.3 Å². The number of hydrogen-bond acceptors (Lipinski definition) is 3. The summed E-state index contributed by atoms with van der Waals surface area (Å²) in [5, 5.41) is 9.53. The van der Waals surface area contributed by atoms with Gasteiger partial charge >= 0.3 is 0 Å². The Kier molecular flexibility index (Phi) is 4.36. The van der Waals surface area contributed by atoms with Gasteiger partial charge in [-0.2, -0.15) is 0 Å². The molecule has 2 rings (SSSR count). The summed E-state index contributed by atoms with van der Waals surface area (Å²) in [5.41, 5.74) is 2.63. The average Bonchev–Trinajstić information content (AvgIpc) is 2.43. The molecule has 0 aromatic carbocycles. The van der Waals surface area contributed by atoms with Gasteiger partial charge in [0.05, 0.1) is 5.69 Å². The molecule has 0 aliphatic carbocycles. The maximum atomic E-state index is 9.53. The van der Waals surface area contributed by atoms with Crippen LogP contribution >= 0.6 is 0 Å². The molecule has 3 heteroatoms. The van der Waals surface area contributed by atoms with E-state index in [9.17, 15) is 5.11 Å². The van der Waals surface area contributed by atoms with Crippen molar-refractivity contribution in [2.24, 2.45) is 5.41 Å². The lowest BCUT2D eigenvalue weighted by Crippen LogP contribution is -2.41. The van der Waals surface area contributed by atoms with E-state index >= 15 is 0 Å². The molecule has 1 aliphatic heterocycles. The van der Waals surface area contributed by atoms with Gasteiger partial charge in [-0.25, -0.2) is 0 Å². The molecule has 2 heterocycles. The fourth-order valence-corrected chi connectivity index (χ4v) is 2.70. The van der Waals surface area contributed by atoms with Crippen molar-refractivity contribution in [2.75, 3.05) is 19.7 Å². The quantitative estimate of drug-likeness (QED) is 0.888. The molecular formula is C15H24N2O. The summed E-state index contributed by atoms with van der Waals surface area (Å²) in [6, 6.07) is 4.11. The lowest BCUT2D eigenvalue weighted by molar-refractivity contribution is 0.0378. The van der Waals surface area contributed by atoms with Gasteiger partial charge in [-0.3, -0.25) is 9.88 Å². The molecule has 1 fully saturated rings. The van der Waals surface area contributed by atoms with Crippen molar-refractivity contribution < 1.29 is 5.11 Å². The molecule has 1 saturated heterocycles. The summed E-state index contributed by atoms with van der Waals surface area (Å²) >= 11 is 0. The van der Waals surface area contributed by atoms with Crippen LogP contribution in [0.4, 0.5) is 0 Å². The number of piperidine rings is 1. The van der Waals surface area contributed by atoms with E-state index in [1.807, 2.05) is 12.3 Å². The summed E-state index contributed by atoms with van der Waals surface area (Å²) < 4.78 is 0. The molecule has 3 nitrogen and oxygen atoms in total. The zero-order chi connectivity index (χ0) is 13.0. The monoisotopic (exact) mass is 248 g/mol. The maximum absolute atomic E-state index is 9.53. The summed E-state index contributed by atoms with van der Waals surface area (Å²) in [6.45, 7) is 7.73. The number of aliphatic hydroxyl groups excluding tert-OH is 1. The van der Waals surface area contributed by atoms with Crippen molar-refractivity contribution in [1.82, 2.24) is 9.88 Å². The van der Waals surface area contributed by atoms with Gasteiger partial charge < -0.3 is 5.11 Å². The van der Waals surface area contributed by atoms with E-state index < -0.39 is 0 Å². The predicted molar refractivity (Wildman–Crippen MR) is 73.3 cm³/mol. The molecule has 0 radical (unpaired) electrons. The third kappa shape index (κ3) is 2.90. The van der Waals surface area contributed by atoms with Gasteiger partial charge in [0.1, 0.15) is 0 Å². The fraction of sp³-hybridized carbons (Fsp3) is 0.667. The molecule has 0 bridgehead atoms. The van der Waals surface area contributed by atoms with Gasteiger partial charge in [0.25, 0.3) is 0 Å². The molecule has 100 valence electrons. The summed E-state index contributed by atoms with van der Waals surface area (Å²) in [6.07, 6.45) is 5.16. The maximum Gasteiger partial charge on any atom is 0.0573 e. The molecule has 1 aromatic rings. The van der Waals surface area contributed by atoms with Crippen LogP contribution in [0.1, 0.15) is 37.4 Å². The Morgan fingerprint density at radius 3 is 2.67 bits per heavy atom. The number of aliphatic hydroxyl groups is 1. The number of rotatable bonds is 4. The SMILES string of the molecule is CCC1(CO)CCN(Cc2ncccc2C)CC1. The first-order valence-electron chi connectivity index (χ1n) is 6.93. The second-order valence-corrected chi connectivity index (χ2v) is 5.55. The van der Waals surface area contributed by atoms with Crippen LogP contribution in [0.5, 0.6) is 0 Å². The highest BCUT2D eigenvalue weighted by molar-refractivity contribution is 5.17. The average molecular weight is 248 g/mol. The van der Waals surface area contributed by atoms with Crippen molar-refractivity contribution in [3.63, 3.8) is 0 Å². The van der Waals surface area contributed by atoms with E-state index in [-0.39, 0.29) is 5.41 Å². The van der Waals surface area contributed by atoms with Crippen molar-refractivity contribution >= 4 is 0 Å². The lowest BCUT2D eigenvalue weighted by atomic mass is 9.77. The van der Waals surface area contributed by atoms with Crippen LogP contribution in [-0.2, 0) is 6.54 Å². The van der Waals surface area contributed by atoms with Gasteiger partial charge in [-0.15, -0.1) is 0 Å². The molecule has 0 saturated carbocycles. The highest BCUT2D eigenvalue weighted by Crippen LogP contribution is 2.34. The zero-order valence-corrected chi connectivity index (χ0v) is 11.5. The number of hydrogen-bond donors (Lipinski definition) is 1. The first kappa shape index (κ1) is 13.5. The second kappa shape index (κ2) is 5.81. The first-order chi connectivity index (χ1) is 8.69. The molecule has 0 spiro atoms. The van der Waals surface area contributed by atoms with Crippen LogP contribution in [0.15, 0.2) is 18.3 Å². The molecule has 0 unspecified atom stereocenters. The molecule has 18 heavy (non-hydrogen) atoms. The predicted octanol–water partition coefficient (Wildman–Crippen LogP) is 2.37. The largest absolute Gasteiger partial charge is 0.396 e. The highest BCUT2D eigenvalue weighted by Gasteiger charge is 2.32. The molecule has 1 N–H and O–H groups in total. The van der Waals surface area contributed by atoms with Crippen LogP contribution in [0.3, 0.4) is 0 Å². The molecule has 1 aliphatic rings. The van der Waals surface area contributed by atoms with Crippen LogP contribution in [0.2, 0.25) is 0 Å². The minimum atomic E-state index is 0.176. The van der Waals surface area contributed by atoms with Crippen molar-refractivity contribution in [2.45, 2.75) is 39.7 Å². The third-order valence-corrected chi connectivity index (χ3v) is 4.49. The van der Waals surface area contributed by atoms with Crippen molar-refractivity contribution in [1.29, 1.82) is 0 Å². The molecular weight excluding hydrogens is 224 g/mol. The van der Waals surface area contributed by atoms with Gasteiger partial charge in [-0.1, -0.05) is 13.0 Å². The van der Waals surface area contributed by atoms with Gasteiger partial charge in [-0.05, 0) is 56.3 Å². The normalized spacial score (nSPS) is 19.9. The number of pyridine rings is 1. The summed E-state index contributed by atoms with van der Waals surface area (Å²) in [7, 11) is 0. The second-order valence-electron chi connectivity index (χ2n) is 5.55. The Labute approximate surface area is 110 Å². The third-order valence-electron chi connectivity index (χ3n) is 4.49. The van der Waals surface area contributed by atoms with Gasteiger partial charge in [0.2, 0.25) is 0 Å². The van der Waals surface area contributed by atoms with Crippen molar-refractivity contribution in [3.8, 4) is 0 Å². The minimum Gasteiger partial charge on any atom is -0.396 e. The van der Waals surface area contributed by atoms with Crippen LogP contribution < -0.4 is 0 Å². The smallest absolute Gasteiger partial charge is 0.0573 e. The van der Waals surface area contributed by atoms with E-state index in [1.165, 1.54) is 11.3 Å². The van der Waals surface area contributed by atoms with Gasteiger partial charge in [0.15, 0.2) is 0 Å². The number of likely N-dealkylation sites (tertiary alicyclic amines) is 1. The fourth-order valence-electron chi connectivity index (χ4n) is 2.70. The minimum absolute atomic E-state index is 0.176. The van der Waals surface area contributed by atoms with Crippen LogP contribution in [0.25, 0.3) is 0 Å². The molecule has 0 amide bonds. The first-order valence-corrected chi connectivity index (χ1v) is 6.93. The Morgan fingerprint density at radius 2 is 2.11 bits per heavy atom. The Morgan fingerprint density at radius 1 is 1.39 bits per heavy atom. The molecule has 0 atom stereocenters. The summed E-state index contributed by atoms with van der Waals surface area (Å²) in [4.78, 5) is 6.92. The Hall–Kier alpha value is -0.930. The van der Waals surface area contributed by atoms with Gasteiger partial charge in [0, 0.05) is 19.3 Å². The Bertz CT molecular complexity index is 378. The summed E-state index contributed by atoms with van der Waals surface area (Å²) in [5.74, 6) is 0. The number of nitrogens with zero attached hydrogens (tertiary/aromatic N) is 2. The van der Waals surface area contributed by atoms with E-state index in [0.717, 1.165) is 38.9 Å². The van der Waals surface area contributed by atoms with Crippen LogP contribution in [-0.4, -0.2) is 34.7 Å². The standard InChI is InChI=1S/C15H24N2O/c1-3-15(12-18)6-9-17(10-7-15)11-14-13(2)5-4-8-16-14/h4-5,8,18H,3,6-7,9-12H2,1-2H3. The lowest BCUT2D eigenvalue weighted by Gasteiger charge is -2.40. The van der Waals surface area contributed by atoms with Crippen molar-refractivity contribution in [3.05, 3.63) is 29.6 Å². The van der Waals surface area contributed by atoms with E-state index in [1.54, 1.807) is 0 Å². The Balaban J connectivity index is 1.93. The topological polar surface area (TPSA) is 36.4 Å². The van der Waals surface area contributed by atoms with E-state index in [2.05, 4.69) is 29.8 Å². The highest BCUT2D eigenvalue weighted by atomic mass is 16.3. The van der Waals surface area contributed by atoms with E-state index in [4.69, 9.17) is 0 Å². The number of aromatic nitrogens is 1. The molecule has 1 aromatic heterocycles. The number of aryl methyl sites for hydroxylation is 1. The zero-order valence-electron chi connectivity index (χ0n) is 11.5.